The van der Waals surface area contributed by atoms with Crippen LogP contribution in [0.1, 0.15) is 32.3 Å². The van der Waals surface area contributed by atoms with Gasteiger partial charge in [0, 0.05) is 28.6 Å². The Balaban J connectivity index is 2.32. The average molecular weight is 317 g/mol. The number of nitrogens with zero attached hydrogens (tertiary/aromatic N) is 1. The standard InChI is InChI=1S/C14H19BrClN/c1-10(2)13-4-3-7-17(13)14-6-5-12(16)8-11(14)9-15/h5-6,8,10,13H,3-4,7,9H2,1-2H3. The van der Waals surface area contributed by atoms with Gasteiger partial charge in [-0.25, -0.2) is 0 Å². The topological polar surface area (TPSA) is 3.24 Å². The molecule has 0 spiro atoms. The van der Waals surface area contributed by atoms with Gasteiger partial charge in [0.05, 0.1) is 0 Å². The molecule has 1 heterocycles. The maximum absolute atomic E-state index is 6.06. The van der Waals surface area contributed by atoms with Gasteiger partial charge in [-0.3, -0.25) is 0 Å². The van der Waals surface area contributed by atoms with E-state index in [4.69, 9.17) is 11.6 Å². The third-order valence-corrected chi connectivity index (χ3v) is 4.40. The Morgan fingerprint density at radius 2 is 2.24 bits per heavy atom. The van der Waals surface area contributed by atoms with Crippen LogP contribution < -0.4 is 4.90 Å². The highest BCUT2D eigenvalue weighted by Crippen LogP contribution is 2.34. The number of alkyl halides is 1. The fourth-order valence-electron chi connectivity index (χ4n) is 2.73. The Morgan fingerprint density at radius 3 is 2.88 bits per heavy atom. The van der Waals surface area contributed by atoms with Crippen molar-refractivity contribution in [2.75, 3.05) is 11.4 Å². The van der Waals surface area contributed by atoms with Crippen molar-refractivity contribution in [2.45, 2.75) is 38.1 Å². The van der Waals surface area contributed by atoms with Crippen LogP contribution in [0.25, 0.3) is 0 Å². The molecule has 1 aromatic rings. The van der Waals surface area contributed by atoms with Gasteiger partial charge in [0.15, 0.2) is 0 Å². The van der Waals surface area contributed by atoms with Crippen LogP contribution in [0.3, 0.4) is 0 Å². The normalized spacial score (nSPS) is 20.3. The van der Waals surface area contributed by atoms with Crippen molar-refractivity contribution in [3.8, 4) is 0 Å². The lowest BCUT2D eigenvalue weighted by Gasteiger charge is -2.31. The van der Waals surface area contributed by atoms with Crippen molar-refractivity contribution in [1.29, 1.82) is 0 Å². The summed E-state index contributed by atoms with van der Waals surface area (Å²) in [6.45, 7) is 5.80. The number of anilines is 1. The first-order valence-corrected chi connectivity index (χ1v) is 7.74. The average Bonchev–Trinajstić information content (AvgIpc) is 2.77. The van der Waals surface area contributed by atoms with E-state index >= 15 is 0 Å². The molecule has 1 nitrogen and oxygen atoms in total. The van der Waals surface area contributed by atoms with E-state index in [0.717, 1.165) is 10.4 Å². The van der Waals surface area contributed by atoms with Gasteiger partial charge >= 0.3 is 0 Å². The predicted octanol–water partition coefficient (Wildman–Crippen LogP) is 4.86. The lowest BCUT2D eigenvalue weighted by molar-refractivity contribution is 0.491. The Morgan fingerprint density at radius 1 is 1.47 bits per heavy atom. The molecule has 1 atom stereocenters. The zero-order chi connectivity index (χ0) is 12.4. The van der Waals surface area contributed by atoms with Crippen molar-refractivity contribution < 1.29 is 0 Å². The summed E-state index contributed by atoms with van der Waals surface area (Å²) in [5, 5.41) is 1.69. The van der Waals surface area contributed by atoms with Gasteiger partial charge in [-0.05, 0) is 42.5 Å². The zero-order valence-corrected chi connectivity index (χ0v) is 12.8. The van der Waals surface area contributed by atoms with E-state index in [9.17, 15) is 0 Å². The summed E-state index contributed by atoms with van der Waals surface area (Å²) in [6, 6.07) is 6.91. The van der Waals surface area contributed by atoms with Crippen molar-refractivity contribution in [3.63, 3.8) is 0 Å². The van der Waals surface area contributed by atoms with Crippen LogP contribution in [0.4, 0.5) is 5.69 Å². The Kier molecular flexibility index (Phi) is 4.37. The molecule has 1 aliphatic rings. The largest absolute Gasteiger partial charge is 0.368 e. The van der Waals surface area contributed by atoms with Crippen LogP contribution in [-0.4, -0.2) is 12.6 Å². The molecule has 0 N–H and O–H groups in total. The van der Waals surface area contributed by atoms with Crippen molar-refractivity contribution in [1.82, 2.24) is 0 Å². The number of hydrogen-bond donors (Lipinski definition) is 0. The minimum Gasteiger partial charge on any atom is -0.368 e. The molecule has 1 saturated heterocycles. The smallest absolute Gasteiger partial charge is 0.0410 e. The van der Waals surface area contributed by atoms with E-state index in [1.165, 1.54) is 30.6 Å². The molecule has 0 radical (unpaired) electrons. The minimum absolute atomic E-state index is 0.675. The molecule has 0 aliphatic carbocycles. The molecule has 1 fully saturated rings. The molecule has 2 rings (SSSR count). The zero-order valence-electron chi connectivity index (χ0n) is 10.4. The van der Waals surface area contributed by atoms with E-state index in [-0.39, 0.29) is 0 Å². The third-order valence-electron chi connectivity index (χ3n) is 3.56. The van der Waals surface area contributed by atoms with Crippen molar-refractivity contribution in [2.24, 2.45) is 5.92 Å². The lowest BCUT2D eigenvalue weighted by Crippen LogP contribution is -2.33. The first-order chi connectivity index (χ1) is 8.13. The number of hydrogen-bond acceptors (Lipinski definition) is 1. The molecule has 0 amide bonds. The molecule has 1 unspecified atom stereocenters. The molecular formula is C14H19BrClN. The Bertz CT molecular complexity index is 392. The number of benzene rings is 1. The van der Waals surface area contributed by atoms with Gasteiger partial charge in [0.2, 0.25) is 0 Å². The van der Waals surface area contributed by atoms with Crippen LogP contribution in [0.2, 0.25) is 5.02 Å². The van der Waals surface area contributed by atoms with Gasteiger partial charge in [-0.1, -0.05) is 41.4 Å². The SMILES string of the molecule is CC(C)C1CCCN1c1ccc(Cl)cc1CBr. The van der Waals surface area contributed by atoms with Crippen molar-refractivity contribution in [3.05, 3.63) is 28.8 Å². The first kappa shape index (κ1) is 13.2. The van der Waals surface area contributed by atoms with Gasteiger partial charge in [0.25, 0.3) is 0 Å². The molecule has 3 heteroatoms. The van der Waals surface area contributed by atoms with E-state index in [1.807, 2.05) is 6.07 Å². The maximum Gasteiger partial charge on any atom is 0.0410 e. The molecular weight excluding hydrogens is 298 g/mol. The van der Waals surface area contributed by atoms with Gasteiger partial charge < -0.3 is 4.90 Å². The monoisotopic (exact) mass is 315 g/mol. The molecule has 0 saturated carbocycles. The highest BCUT2D eigenvalue weighted by Gasteiger charge is 2.28. The second-order valence-corrected chi connectivity index (χ2v) is 6.05. The Hall–Kier alpha value is -0.210. The van der Waals surface area contributed by atoms with Gasteiger partial charge in [0.1, 0.15) is 0 Å². The van der Waals surface area contributed by atoms with Gasteiger partial charge in [-0.2, -0.15) is 0 Å². The summed E-state index contributed by atoms with van der Waals surface area (Å²) in [4.78, 5) is 2.55. The second-order valence-electron chi connectivity index (χ2n) is 5.05. The fourth-order valence-corrected chi connectivity index (χ4v) is 3.37. The minimum atomic E-state index is 0.675. The molecule has 0 bridgehead atoms. The van der Waals surface area contributed by atoms with Crippen LogP contribution in [0.15, 0.2) is 18.2 Å². The second kappa shape index (κ2) is 5.62. The summed E-state index contributed by atoms with van der Waals surface area (Å²) in [5.41, 5.74) is 2.65. The summed E-state index contributed by atoms with van der Waals surface area (Å²) in [5.74, 6) is 0.705. The van der Waals surface area contributed by atoms with Crippen LogP contribution in [0.5, 0.6) is 0 Å². The lowest BCUT2D eigenvalue weighted by atomic mass is 10.0. The van der Waals surface area contributed by atoms with E-state index < -0.39 is 0 Å². The molecule has 94 valence electrons. The predicted molar refractivity (Wildman–Crippen MR) is 79.3 cm³/mol. The molecule has 1 aliphatic heterocycles. The summed E-state index contributed by atoms with van der Waals surface area (Å²) >= 11 is 9.62. The molecule has 17 heavy (non-hydrogen) atoms. The fraction of sp³-hybridized carbons (Fsp3) is 0.571. The van der Waals surface area contributed by atoms with Crippen LogP contribution >= 0.6 is 27.5 Å². The summed E-state index contributed by atoms with van der Waals surface area (Å²) in [6.07, 6.45) is 2.61. The quantitative estimate of drug-likeness (QED) is 0.720. The van der Waals surface area contributed by atoms with E-state index in [0.29, 0.717) is 12.0 Å². The van der Waals surface area contributed by atoms with E-state index in [2.05, 4.69) is 46.8 Å². The number of halogens is 2. The maximum atomic E-state index is 6.06. The highest BCUT2D eigenvalue weighted by molar-refractivity contribution is 9.08. The summed E-state index contributed by atoms with van der Waals surface area (Å²) < 4.78 is 0. The summed E-state index contributed by atoms with van der Waals surface area (Å²) in [7, 11) is 0. The number of rotatable bonds is 3. The Labute approximate surface area is 117 Å². The van der Waals surface area contributed by atoms with Crippen molar-refractivity contribution >= 4 is 33.2 Å². The highest BCUT2D eigenvalue weighted by atomic mass is 79.9. The van der Waals surface area contributed by atoms with Crippen LogP contribution in [-0.2, 0) is 5.33 Å². The molecule has 1 aromatic carbocycles. The van der Waals surface area contributed by atoms with Gasteiger partial charge in [-0.15, -0.1) is 0 Å². The molecule has 0 aromatic heterocycles. The first-order valence-electron chi connectivity index (χ1n) is 6.24. The third kappa shape index (κ3) is 2.79. The van der Waals surface area contributed by atoms with E-state index in [1.54, 1.807) is 0 Å². The van der Waals surface area contributed by atoms with Crippen LogP contribution in [0, 0.1) is 5.92 Å².